The molecule has 0 saturated carbocycles. The molecule has 2 N–H and O–H groups in total. The van der Waals surface area contributed by atoms with E-state index in [9.17, 15) is 4.79 Å². The Bertz CT molecular complexity index is 928. The molecule has 1 saturated heterocycles. The number of amides is 1. The fourth-order valence-corrected chi connectivity index (χ4v) is 3.71. The lowest BCUT2D eigenvalue weighted by molar-refractivity contribution is 0.0607. The van der Waals surface area contributed by atoms with Crippen molar-refractivity contribution >= 4 is 11.9 Å². The maximum Gasteiger partial charge on any atom is 0.254 e. The molecule has 5 heteroatoms. The van der Waals surface area contributed by atoms with Crippen LogP contribution in [0.5, 0.6) is 0 Å². The molecule has 4 rings (SSSR count). The van der Waals surface area contributed by atoms with E-state index in [1.807, 2.05) is 65.6 Å². The van der Waals surface area contributed by atoms with Gasteiger partial charge in [0.2, 0.25) is 5.95 Å². The Kier molecular flexibility index (Phi) is 4.83. The summed E-state index contributed by atoms with van der Waals surface area (Å²) in [6.07, 6.45) is 4.69. The predicted octanol–water partition coefficient (Wildman–Crippen LogP) is 4.09. The van der Waals surface area contributed by atoms with Crippen molar-refractivity contribution in [3.63, 3.8) is 0 Å². The van der Waals surface area contributed by atoms with E-state index < -0.39 is 0 Å². The zero-order chi connectivity index (χ0) is 18.6. The van der Waals surface area contributed by atoms with Gasteiger partial charge in [-0.1, -0.05) is 48.5 Å². The van der Waals surface area contributed by atoms with Crippen molar-refractivity contribution in [1.82, 2.24) is 14.9 Å². The van der Waals surface area contributed by atoms with Crippen molar-refractivity contribution in [2.75, 3.05) is 12.3 Å². The second-order valence-electron chi connectivity index (χ2n) is 6.77. The molecule has 5 nitrogen and oxygen atoms in total. The Morgan fingerprint density at radius 1 is 1.00 bits per heavy atom. The smallest absolute Gasteiger partial charge is 0.254 e. The van der Waals surface area contributed by atoms with Gasteiger partial charge < -0.3 is 10.6 Å². The first-order valence-corrected chi connectivity index (χ1v) is 9.28. The zero-order valence-corrected chi connectivity index (χ0v) is 15.1. The van der Waals surface area contributed by atoms with E-state index >= 15 is 0 Å². The molecule has 0 bridgehead atoms. The van der Waals surface area contributed by atoms with Crippen molar-refractivity contribution in [1.29, 1.82) is 0 Å². The number of benzene rings is 2. The summed E-state index contributed by atoms with van der Waals surface area (Å²) >= 11 is 0. The van der Waals surface area contributed by atoms with Gasteiger partial charge in [-0.3, -0.25) is 4.79 Å². The lowest BCUT2D eigenvalue weighted by Gasteiger charge is -2.36. The molecule has 1 fully saturated rings. The van der Waals surface area contributed by atoms with Crippen LogP contribution in [0.3, 0.4) is 0 Å². The minimum absolute atomic E-state index is 0.0384. The van der Waals surface area contributed by atoms with E-state index in [4.69, 9.17) is 5.73 Å². The molecule has 0 spiro atoms. The van der Waals surface area contributed by atoms with E-state index in [2.05, 4.69) is 9.97 Å². The summed E-state index contributed by atoms with van der Waals surface area (Å²) in [5.74, 6) is 0.277. The van der Waals surface area contributed by atoms with Gasteiger partial charge in [-0.15, -0.1) is 0 Å². The lowest BCUT2D eigenvalue weighted by atomic mass is 9.93. The molecule has 2 aromatic carbocycles. The third-order valence-electron chi connectivity index (χ3n) is 5.02. The molecule has 1 aliphatic rings. The van der Waals surface area contributed by atoms with Gasteiger partial charge in [-0.25, -0.2) is 9.97 Å². The number of likely N-dealkylation sites (tertiary alicyclic amines) is 1. The van der Waals surface area contributed by atoms with E-state index in [1.54, 1.807) is 6.20 Å². The van der Waals surface area contributed by atoms with Crippen LogP contribution in [-0.2, 0) is 0 Å². The van der Waals surface area contributed by atoms with Gasteiger partial charge in [0.1, 0.15) is 0 Å². The Balaban J connectivity index is 1.76. The monoisotopic (exact) mass is 358 g/mol. The fourth-order valence-electron chi connectivity index (χ4n) is 3.71. The summed E-state index contributed by atoms with van der Waals surface area (Å²) in [6, 6.07) is 19.3. The predicted molar refractivity (Wildman–Crippen MR) is 106 cm³/mol. The van der Waals surface area contributed by atoms with E-state index in [-0.39, 0.29) is 17.9 Å². The standard InChI is InChI=1S/C22H22N4O/c23-22-24-15-18(16-9-3-1-4-10-16)20(25-22)19-13-7-8-14-26(19)21(27)17-11-5-2-6-12-17/h1-6,9-12,15,19H,7-8,13-14H2,(H2,23,24,25). The summed E-state index contributed by atoms with van der Waals surface area (Å²) in [5, 5.41) is 0. The molecule has 27 heavy (non-hydrogen) atoms. The first-order chi connectivity index (χ1) is 13.2. The van der Waals surface area contributed by atoms with Crippen molar-refractivity contribution in [3.05, 3.63) is 78.1 Å². The average Bonchev–Trinajstić information content (AvgIpc) is 2.74. The topological polar surface area (TPSA) is 72.1 Å². The maximum atomic E-state index is 13.2. The number of anilines is 1. The van der Waals surface area contributed by atoms with Gasteiger partial charge in [-0.2, -0.15) is 0 Å². The molecule has 136 valence electrons. The second kappa shape index (κ2) is 7.58. The number of piperidine rings is 1. The van der Waals surface area contributed by atoms with Crippen molar-refractivity contribution < 1.29 is 4.79 Å². The molecule has 0 aliphatic carbocycles. The van der Waals surface area contributed by atoms with Crippen LogP contribution in [0.15, 0.2) is 66.9 Å². The average molecular weight is 358 g/mol. The van der Waals surface area contributed by atoms with Crippen molar-refractivity contribution in [2.45, 2.75) is 25.3 Å². The highest BCUT2D eigenvalue weighted by Crippen LogP contribution is 2.36. The number of aromatic nitrogens is 2. The maximum absolute atomic E-state index is 13.2. The van der Waals surface area contributed by atoms with Gasteiger partial charge in [0.25, 0.3) is 5.91 Å². The van der Waals surface area contributed by atoms with Gasteiger partial charge in [0, 0.05) is 23.9 Å². The van der Waals surface area contributed by atoms with Crippen LogP contribution in [0.25, 0.3) is 11.1 Å². The highest BCUT2D eigenvalue weighted by molar-refractivity contribution is 5.94. The quantitative estimate of drug-likeness (QED) is 0.765. The Labute approximate surface area is 158 Å². The highest BCUT2D eigenvalue weighted by atomic mass is 16.2. The second-order valence-corrected chi connectivity index (χ2v) is 6.77. The first-order valence-electron chi connectivity index (χ1n) is 9.28. The normalized spacial score (nSPS) is 16.9. The summed E-state index contributed by atoms with van der Waals surface area (Å²) < 4.78 is 0. The summed E-state index contributed by atoms with van der Waals surface area (Å²) in [4.78, 5) is 23.9. The molecule has 1 unspecified atom stereocenters. The molecule has 1 aromatic heterocycles. The zero-order valence-electron chi connectivity index (χ0n) is 15.1. The molecule has 2 heterocycles. The number of nitrogens with two attached hydrogens (primary N) is 1. The van der Waals surface area contributed by atoms with Crippen LogP contribution in [0, 0.1) is 0 Å². The molecule has 3 aromatic rings. The van der Waals surface area contributed by atoms with Gasteiger partial charge in [0.15, 0.2) is 0 Å². The van der Waals surface area contributed by atoms with Gasteiger partial charge in [0.05, 0.1) is 11.7 Å². The van der Waals surface area contributed by atoms with Crippen LogP contribution in [0.1, 0.15) is 41.4 Å². The largest absolute Gasteiger partial charge is 0.368 e. The highest BCUT2D eigenvalue weighted by Gasteiger charge is 2.31. The lowest BCUT2D eigenvalue weighted by Crippen LogP contribution is -2.39. The van der Waals surface area contributed by atoms with Crippen LogP contribution < -0.4 is 5.73 Å². The minimum atomic E-state index is -0.105. The number of hydrogen-bond donors (Lipinski definition) is 1. The van der Waals surface area contributed by atoms with Gasteiger partial charge in [-0.05, 0) is 37.0 Å². The Hall–Kier alpha value is -3.21. The molecule has 1 aliphatic heterocycles. The fraction of sp³-hybridized carbons (Fsp3) is 0.227. The van der Waals surface area contributed by atoms with Crippen LogP contribution in [0.4, 0.5) is 5.95 Å². The SMILES string of the molecule is Nc1ncc(-c2ccccc2)c(C2CCCCN2C(=O)c2ccccc2)n1. The summed E-state index contributed by atoms with van der Waals surface area (Å²) in [6.45, 7) is 0.719. The van der Waals surface area contributed by atoms with Gasteiger partial charge >= 0.3 is 0 Å². The van der Waals surface area contributed by atoms with E-state index in [1.165, 1.54) is 0 Å². The Morgan fingerprint density at radius 2 is 1.70 bits per heavy atom. The molecule has 1 atom stereocenters. The summed E-state index contributed by atoms with van der Waals surface area (Å²) in [7, 11) is 0. The number of nitrogen functional groups attached to an aromatic ring is 1. The van der Waals surface area contributed by atoms with Crippen molar-refractivity contribution in [3.8, 4) is 11.1 Å². The molecular formula is C22H22N4O. The molecular weight excluding hydrogens is 336 g/mol. The van der Waals surface area contributed by atoms with E-state index in [0.29, 0.717) is 5.56 Å². The number of hydrogen-bond acceptors (Lipinski definition) is 4. The van der Waals surface area contributed by atoms with Crippen molar-refractivity contribution in [2.24, 2.45) is 0 Å². The number of rotatable bonds is 3. The third-order valence-corrected chi connectivity index (χ3v) is 5.02. The molecule has 0 radical (unpaired) electrons. The Morgan fingerprint density at radius 3 is 2.44 bits per heavy atom. The first kappa shape index (κ1) is 17.2. The minimum Gasteiger partial charge on any atom is -0.368 e. The van der Waals surface area contributed by atoms with E-state index in [0.717, 1.165) is 42.6 Å². The number of carbonyl (C=O) groups is 1. The molecule has 1 amide bonds. The van der Waals surface area contributed by atoms with Crippen LogP contribution in [0.2, 0.25) is 0 Å². The third kappa shape index (κ3) is 3.53. The van der Waals surface area contributed by atoms with Crippen LogP contribution >= 0.6 is 0 Å². The number of nitrogens with zero attached hydrogens (tertiary/aromatic N) is 3. The van der Waals surface area contributed by atoms with Crippen LogP contribution in [-0.4, -0.2) is 27.3 Å². The number of carbonyl (C=O) groups excluding carboxylic acids is 1. The summed E-state index contributed by atoms with van der Waals surface area (Å²) in [5.41, 5.74) is 9.42.